The minimum atomic E-state index is -0.986. The quantitative estimate of drug-likeness (QED) is 0.246. The number of hydroxylamine groups is 1. The number of carbonyl (C=O) groups is 3. The van der Waals surface area contributed by atoms with E-state index in [1.165, 1.54) is 12.0 Å². The normalized spacial score (nSPS) is 21.0. The second-order valence-electron chi connectivity index (χ2n) is 8.92. The van der Waals surface area contributed by atoms with Gasteiger partial charge >= 0.3 is 5.97 Å². The summed E-state index contributed by atoms with van der Waals surface area (Å²) in [5.74, 6) is -1.96. The number of ether oxygens (including phenoxy) is 1. The molecule has 8 heteroatoms. The third-order valence-electron chi connectivity index (χ3n) is 6.88. The Hall–Kier alpha value is -4.01. The van der Waals surface area contributed by atoms with Gasteiger partial charge < -0.3 is 4.74 Å². The zero-order valence-corrected chi connectivity index (χ0v) is 21.3. The van der Waals surface area contributed by atoms with E-state index in [-0.39, 0.29) is 5.91 Å². The fourth-order valence-corrected chi connectivity index (χ4v) is 5.40. The summed E-state index contributed by atoms with van der Waals surface area (Å²) in [6.45, 7) is 0. The molecule has 2 fully saturated rings. The summed E-state index contributed by atoms with van der Waals surface area (Å²) in [6, 6.07) is 26.9. The van der Waals surface area contributed by atoms with Gasteiger partial charge in [0.25, 0.3) is 5.91 Å². The fraction of sp³-hybridized carbons (Fsp3) is 0.138. The molecule has 0 radical (unpaired) electrons. The smallest absolute Gasteiger partial charge is 0.337 e. The molecule has 4 aromatic rings. The van der Waals surface area contributed by atoms with Crippen LogP contribution < -0.4 is 9.96 Å². The molecule has 0 spiro atoms. The number of carbonyl (C=O) groups excluding carboxylic acids is 3. The maximum absolute atomic E-state index is 14.0. The molecule has 4 aromatic carbocycles. The lowest BCUT2D eigenvalue weighted by Gasteiger charge is -2.29. The summed E-state index contributed by atoms with van der Waals surface area (Å²) in [4.78, 5) is 47.2. The molecule has 0 aromatic heterocycles. The van der Waals surface area contributed by atoms with Crippen LogP contribution in [-0.4, -0.2) is 31.0 Å². The van der Waals surface area contributed by atoms with E-state index >= 15 is 0 Å². The molecule has 37 heavy (non-hydrogen) atoms. The van der Waals surface area contributed by atoms with Gasteiger partial charge in [0.2, 0.25) is 5.91 Å². The number of methoxy groups -OCH3 is 1. The van der Waals surface area contributed by atoms with Crippen molar-refractivity contribution < 1.29 is 24.0 Å². The van der Waals surface area contributed by atoms with E-state index in [1.54, 1.807) is 35.4 Å². The summed E-state index contributed by atoms with van der Waals surface area (Å²) < 4.78 is 5.71. The second kappa shape index (κ2) is 9.14. The third-order valence-corrected chi connectivity index (χ3v) is 7.41. The number of benzene rings is 4. The van der Waals surface area contributed by atoms with E-state index in [1.807, 2.05) is 60.7 Å². The maximum Gasteiger partial charge on any atom is 0.337 e. The van der Waals surface area contributed by atoms with Gasteiger partial charge in [0.1, 0.15) is 5.92 Å². The van der Waals surface area contributed by atoms with Crippen LogP contribution in [0.25, 0.3) is 10.8 Å². The monoisotopic (exact) mass is 556 g/mol. The van der Waals surface area contributed by atoms with Gasteiger partial charge in [-0.3, -0.25) is 14.4 Å². The Bertz CT molecular complexity index is 1530. The summed E-state index contributed by atoms with van der Waals surface area (Å²) in [5, 5.41) is 3.38. The van der Waals surface area contributed by atoms with Gasteiger partial charge in [-0.1, -0.05) is 64.5 Å². The Labute approximate surface area is 221 Å². The van der Waals surface area contributed by atoms with Gasteiger partial charge in [0.05, 0.1) is 30.1 Å². The molecule has 0 N–H and O–H groups in total. The van der Waals surface area contributed by atoms with E-state index < -0.39 is 29.9 Å². The molecule has 7 nitrogen and oxygen atoms in total. The van der Waals surface area contributed by atoms with Crippen LogP contribution in [0.3, 0.4) is 0 Å². The SMILES string of the molecule is COC(=O)c1ccc([C@@H]2[C@H]3C(=O)N(c4cccc5ccccc45)C(=O)[C@H]3ON2c2ccc(Br)cc2)cc1. The van der Waals surface area contributed by atoms with Crippen molar-refractivity contribution in [2.24, 2.45) is 5.92 Å². The summed E-state index contributed by atoms with van der Waals surface area (Å²) in [6.07, 6.45) is -0.986. The zero-order chi connectivity index (χ0) is 25.7. The molecular formula is C29H21BrN2O5. The van der Waals surface area contributed by atoms with E-state index in [0.29, 0.717) is 16.9 Å². The van der Waals surface area contributed by atoms with E-state index in [4.69, 9.17) is 9.57 Å². The number of hydrogen-bond acceptors (Lipinski definition) is 6. The Morgan fingerprint density at radius 1 is 0.865 bits per heavy atom. The molecule has 0 bridgehead atoms. The van der Waals surface area contributed by atoms with Gasteiger partial charge in [-0.05, 0) is 53.4 Å². The van der Waals surface area contributed by atoms with Crippen LogP contribution in [0.2, 0.25) is 0 Å². The van der Waals surface area contributed by atoms with Crippen molar-refractivity contribution >= 4 is 55.9 Å². The highest BCUT2D eigenvalue weighted by Crippen LogP contribution is 2.48. The molecule has 0 saturated carbocycles. The molecular weight excluding hydrogens is 536 g/mol. The number of nitrogens with zero attached hydrogens (tertiary/aromatic N) is 2. The largest absolute Gasteiger partial charge is 0.465 e. The molecule has 2 saturated heterocycles. The van der Waals surface area contributed by atoms with Crippen LogP contribution in [-0.2, 0) is 19.2 Å². The van der Waals surface area contributed by atoms with Crippen molar-refractivity contribution in [1.82, 2.24) is 0 Å². The molecule has 184 valence electrons. The minimum Gasteiger partial charge on any atom is -0.465 e. The van der Waals surface area contributed by atoms with Crippen LogP contribution in [0, 0.1) is 5.92 Å². The average Bonchev–Trinajstić information content (AvgIpc) is 3.44. The molecule has 6 rings (SSSR count). The first kappa shape index (κ1) is 23.4. The van der Waals surface area contributed by atoms with Crippen molar-refractivity contribution in [1.29, 1.82) is 0 Å². The van der Waals surface area contributed by atoms with Crippen LogP contribution in [0.1, 0.15) is 22.0 Å². The van der Waals surface area contributed by atoms with Crippen LogP contribution in [0.15, 0.2) is 95.5 Å². The van der Waals surface area contributed by atoms with E-state index in [0.717, 1.165) is 20.8 Å². The van der Waals surface area contributed by atoms with E-state index in [2.05, 4.69) is 15.9 Å². The van der Waals surface area contributed by atoms with Crippen molar-refractivity contribution in [2.75, 3.05) is 17.1 Å². The molecule has 2 heterocycles. The first-order valence-corrected chi connectivity index (χ1v) is 12.5. The van der Waals surface area contributed by atoms with Crippen molar-refractivity contribution in [2.45, 2.75) is 12.1 Å². The van der Waals surface area contributed by atoms with Crippen molar-refractivity contribution in [3.63, 3.8) is 0 Å². The lowest BCUT2D eigenvalue weighted by molar-refractivity contribution is -0.126. The predicted molar refractivity (Wildman–Crippen MR) is 142 cm³/mol. The minimum absolute atomic E-state index is 0.326. The van der Waals surface area contributed by atoms with Gasteiger partial charge in [-0.2, -0.15) is 0 Å². The molecule has 2 aliphatic rings. The highest BCUT2D eigenvalue weighted by atomic mass is 79.9. The topological polar surface area (TPSA) is 76.2 Å². The lowest BCUT2D eigenvalue weighted by Crippen LogP contribution is -2.37. The first-order valence-electron chi connectivity index (χ1n) is 11.7. The fourth-order valence-electron chi connectivity index (χ4n) is 5.14. The average molecular weight is 557 g/mol. The van der Waals surface area contributed by atoms with Crippen LogP contribution in [0.4, 0.5) is 11.4 Å². The Balaban J connectivity index is 1.44. The molecule has 3 atom stereocenters. The number of amides is 2. The number of imide groups is 1. The number of hydrogen-bond donors (Lipinski definition) is 0. The summed E-state index contributed by atoms with van der Waals surface area (Å²) in [7, 11) is 1.32. The van der Waals surface area contributed by atoms with Crippen molar-refractivity contribution in [3.05, 3.63) is 107 Å². The Morgan fingerprint density at radius 2 is 1.57 bits per heavy atom. The summed E-state index contributed by atoms with van der Waals surface area (Å²) in [5.41, 5.74) is 2.38. The van der Waals surface area contributed by atoms with E-state index in [9.17, 15) is 14.4 Å². The highest BCUT2D eigenvalue weighted by molar-refractivity contribution is 9.10. The van der Waals surface area contributed by atoms with Crippen molar-refractivity contribution in [3.8, 4) is 0 Å². The molecule has 0 unspecified atom stereocenters. The van der Waals surface area contributed by atoms with Gasteiger partial charge in [-0.15, -0.1) is 0 Å². The number of fused-ring (bicyclic) bond motifs is 2. The molecule has 2 amide bonds. The van der Waals surface area contributed by atoms with Gasteiger partial charge in [-0.25, -0.2) is 14.8 Å². The van der Waals surface area contributed by atoms with Crippen LogP contribution >= 0.6 is 15.9 Å². The first-order chi connectivity index (χ1) is 18.0. The molecule has 0 aliphatic carbocycles. The summed E-state index contributed by atoms with van der Waals surface area (Å²) >= 11 is 3.45. The highest BCUT2D eigenvalue weighted by Gasteiger charge is 2.60. The number of anilines is 2. The standard InChI is InChI=1S/C29H21BrN2O5/c1-36-29(35)19-11-9-18(10-12-19)25-24-26(37-32(25)21-15-13-20(30)14-16-21)28(34)31(27(24)33)23-8-4-6-17-5-2-3-7-22(17)23/h2-16,24-26H,1H3/t24-,25-,26+/m1/s1. The Kier molecular flexibility index (Phi) is 5.78. The Morgan fingerprint density at radius 3 is 2.30 bits per heavy atom. The maximum atomic E-state index is 14.0. The lowest BCUT2D eigenvalue weighted by atomic mass is 9.90. The number of halogens is 1. The number of rotatable bonds is 4. The van der Waals surface area contributed by atoms with Crippen LogP contribution in [0.5, 0.6) is 0 Å². The van der Waals surface area contributed by atoms with Gasteiger partial charge in [0, 0.05) is 9.86 Å². The molecule has 2 aliphatic heterocycles. The third kappa shape index (κ3) is 3.80. The number of esters is 1. The van der Waals surface area contributed by atoms with Gasteiger partial charge in [0.15, 0.2) is 6.10 Å². The second-order valence-corrected chi connectivity index (χ2v) is 9.84. The zero-order valence-electron chi connectivity index (χ0n) is 19.7. The predicted octanol–water partition coefficient (Wildman–Crippen LogP) is 5.44.